The molecule has 1 heterocycles. The summed E-state index contributed by atoms with van der Waals surface area (Å²) in [5.41, 5.74) is 8.25. The van der Waals surface area contributed by atoms with Crippen molar-refractivity contribution in [1.82, 2.24) is 0 Å². The summed E-state index contributed by atoms with van der Waals surface area (Å²) >= 11 is 0. The van der Waals surface area contributed by atoms with E-state index in [0.29, 0.717) is 6.42 Å². The lowest BCUT2D eigenvalue weighted by Gasteiger charge is -2.31. The predicted octanol–water partition coefficient (Wildman–Crippen LogP) is 3.04. The number of sulfone groups is 1. The van der Waals surface area contributed by atoms with E-state index >= 15 is 0 Å². The zero-order valence-electron chi connectivity index (χ0n) is 12.2. The molecular formula is C16H21NO3S. The Morgan fingerprint density at radius 2 is 2.05 bits per heavy atom. The van der Waals surface area contributed by atoms with E-state index in [9.17, 15) is 8.42 Å². The van der Waals surface area contributed by atoms with Crippen LogP contribution in [0.5, 0.6) is 0 Å². The maximum Gasteiger partial charge on any atom is 0.150 e. The zero-order chi connectivity index (χ0) is 15.0. The first-order valence-electron chi connectivity index (χ1n) is 7.37. The van der Waals surface area contributed by atoms with E-state index < -0.39 is 9.84 Å². The van der Waals surface area contributed by atoms with Crippen LogP contribution in [0.15, 0.2) is 34.9 Å². The first-order valence-corrected chi connectivity index (χ1v) is 9.33. The average Bonchev–Trinajstić information content (AvgIpc) is 2.90. The lowest BCUT2D eigenvalue weighted by Crippen LogP contribution is -2.32. The van der Waals surface area contributed by atoms with E-state index in [0.717, 1.165) is 35.8 Å². The zero-order valence-corrected chi connectivity index (χ0v) is 13.0. The first kappa shape index (κ1) is 14.6. The second-order valence-corrected chi connectivity index (χ2v) is 8.42. The minimum Gasteiger partial charge on any atom is -0.464 e. The fraction of sp³-hybridized carbons (Fsp3) is 0.500. The fourth-order valence-electron chi connectivity index (χ4n) is 3.41. The molecule has 1 aliphatic carbocycles. The van der Waals surface area contributed by atoms with Gasteiger partial charge in [0.1, 0.15) is 15.4 Å². The highest BCUT2D eigenvalue weighted by atomic mass is 32.2. The Hall–Kier alpha value is -1.33. The van der Waals surface area contributed by atoms with E-state index in [1.54, 1.807) is 6.26 Å². The van der Waals surface area contributed by atoms with E-state index in [-0.39, 0.29) is 17.2 Å². The minimum absolute atomic E-state index is 0.168. The van der Waals surface area contributed by atoms with Gasteiger partial charge in [-0.3, -0.25) is 0 Å². The van der Waals surface area contributed by atoms with Crippen molar-refractivity contribution in [3.8, 4) is 0 Å². The monoisotopic (exact) mass is 307 g/mol. The number of para-hydroxylation sites is 1. The van der Waals surface area contributed by atoms with Gasteiger partial charge >= 0.3 is 0 Å². The summed E-state index contributed by atoms with van der Waals surface area (Å²) in [6.07, 6.45) is 6.37. The normalized spacial score (nSPS) is 25.0. The molecule has 1 aromatic carbocycles. The summed E-state index contributed by atoms with van der Waals surface area (Å²) < 4.78 is 29.1. The number of furan rings is 1. The van der Waals surface area contributed by atoms with Crippen LogP contribution in [0.25, 0.3) is 11.0 Å². The highest BCUT2D eigenvalue weighted by molar-refractivity contribution is 7.91. The molecule has 114 valence electrons. The van der Waals surface area contributed by atoms with Gasteiger partial charge in [-0.2, -0.15) is 0 Å². The van der Waals surface area contributed by atoms with Crippen LogP contribution in [-0.4, -0.2) is 19.9 Å². The van der Waals surface area contributed by atoms with E-state index in [4.69, 9.17) is 10.2 Å². The number of hydrogen-bond donors (Lipinski definition) is 1. The standard InChI is InChI=1S/C16H21NO3S/c1-21(18,19)12-6-4-5-11(9-12)16(17)14-10-20-15-8-3-2-7-13(14)15/h2-3,7-8,10-12,16H,4-6,9,17H2,1H3. The number of nitrogens with two attached hydrogens (primary N) is 1. The van der Waals surface area contributed by atoms with Crippen LogP contribution in [0.2, 0.25) is 0 Å². The van der Waals surface area contributed by atoms with E-state index in [2.05, 4.69) is 0 Å². The van der Waals surface area contributed by atoms with E-state index in [1.807, 2.05) is 24.3 Å². The van der Waals surface area contributed by atoms with Crippen LogP contribution in [-0.2, 0) is 9.84 Å². The third-order valence-corrected chi connectivity index (χ3v) is 6.29. The molecule has 0 bridgehead atoms. The summed E-state index contributed by atoms with van der Waals surface area (Å²) in [6.45, 7) is 0. The topological polar surface area (TPSA) is 73.3 Å². The maximum absolute atomic E-state index is 11.8. The van der Waals surface area contributed by atoms with Crippen LogP contribution >= 0.6 is 0 Å². The molecule has 0 aliphatic heterocycles. The second-order valence-electron chi connectivity index (χ2n) is 6.09. The molecule has 3 rings (SSSR count). The van der Waals surface area contributed by atoms with Gasteiger partial charge in [0.15, 0.2) is 0 Å². The van der Waals surface area contributed by atoms with Crippen molar-refractivity contribution in [2.75, 3.05) is 6.26 Å². The SMILES string of the molecule is CS(=O)(=O)C1CCCC(C(N)c2coc3ccccc23)C1. The van der Waals surface area contributed by atoms with Crippen LogP contribution in [0.3, 0.4) is 0 Å². The average molecular weight is 307 g/mol. The van der Waals surface area contributed by atoms with Crippen molar-refractivity contribution >= 4 is 20.8 Å². The molecule has 3 unspecified atom stereocenters. The Morgan fingerprint density at radius 1 is 1.29 bits per heavy atom. The van der Waals surface area contributed by atoms with Crippen LogP contribution in [0.4, 0.5) is 0 Å². The van der Waals surface area contributed by atoms with Gasteiger partial charge in [0.25, 0.3) is 0 Å². The molecule has 1 saturated carbocycles. The van der Waals surface area contributed by atoms with Gasteiger partial charge in [0.2, 0.25) is 0 Å². The first-order chi connectivity index (χ1) is 9.97. The molecule has 21 heavy (non-hydrogen) atoms. The summed E-state index contributed by atoms with van der Waals surface area (Å²) in [4.78, 5) is 0. The molecule has 0 spiro atoms. The number of rotatable bonds is 3. The number of benzene rings is 1. The molecule has 2 aromatic rings. The molecule has 3 atom stereocenters. The summed E-state index contributed by atoms with van der Waals surface area (Å²) in [7, 11) is -2.98. The maximum atomic E-state index is 11.8. The number of fused-ring (bicyclic) bond motifs is 1. The van der Waals surface area contributed by atoms with Gasteiger partial charge in [-0.05, 0) is 31.2 Å². The number of hydrogen-bond acceptors (Lipinski definition) is 4. The minimum atomic E-state index is -2.98. The van der Waals surface area contributed by atoms with Gasteiger partial charge in [-0.15, -0.1) is 0 Å². The summed E-state index contributed by atoms with van der Waals surface area (Å²) in [5.74, 6) is 0.194. The van der Waals surface area contributed by atoms with Crippen molar-refractivity contribution in [3.63, 3.8) is 0 Å². The van der Waals surface area contributed by atoms with E-state index in [1.165, 1.54) is 6.26 Å². The molecule has 5 heteroatoms. The van der Waals surface area contributed by atoms with Gasteiger partial charge in [-0.25, -0.2) is 8.42 Å². The van der Waals surface area contributed by atoms with Crippen molar-refractivity contribution in [2.24, 2.45) is 11.7 Å². The third kappa shape index (κ3) is 2.85. The smallest absolute Gasteiger partial charge is 0.150 e. The van der Waals surface area contributed by atoms with Crippen LogP contribution in [0.1, 0.15) is 37.3 Å². The molecule has 0 saturated heterocycles. The molecule has 2 N–H and O–H groups in total. The van der Waals surface area contributed by atoms with Crippen LogP contribution < -0.4 is 5.73 Å². The Morgan fingerprint density at radius 3 is 2.81 bits per heavy atom. The molecule has 1 aromatic heterocycles. The van der Waals surface area contributed by atoms with Crippen LogP contribution in [0, 0.1) is 5.92 Å². The van der Waals surface area contributed by atoms with Gasteiger partial charge in [-0.1, -0.05) is 24.6 Å². The highest BCUT2D eigenvalue weighted by Gasteiger charge is 2.33. The summed E-state index contributed by atoms with van der Waals surface area (Å²) in [5, 5.41) is 0.784. The Kier molecular flexibility index (Phi) is 3.80. The summed E-state index contributed by atoms with van der Waals surface area (Å²) in [6, 6.07) is 7.66. The van der Waals surface area contributed by atoms with Gasteiger partial charge in [0, 0.05) is 23.2 Å². The van der Waals surface area contributed by atoms with Gasteiger partial charge < -0.3 is 10.2 Å². The highest BCUT2D eigenvalue weighted by Crippen LogP contribution is 2.38. The van der Waals surface area contributed by atoms with Gasteiger partial charge in [0.05, 0.1) is 11.5 Å². The van der Waals surface area contributed by atoms with Crippen molar-refractivity contribution < 1.29 is 12.8 Å². The molecule has 1 aliphatic rings. The molecule has 0 amide bonds. The Labute approximate surface area is 125 Å². The molecule has 1 fully saturated rings. The fourth-order valence-corrected chi connectivity index (χ4v) is 4.60. The second kappa shape index (κ2) is 5.46. The predicted molar refractivity (Wildman–Crippen MR) is 83.7 cm³/mol. The lowest BCUT2D eigenvalue weighted by molar-refractivity contribution is 0.308. The molecule has 0 radical (unpaired) electrons. The lowest BCUT2D eigenvalue weighted by atomic mass is 9.81. The quantitative estimate of drug-likeness (QED) is 0.946. The third-order valence-electron chi connectivity index (χ3n) is 4.65. The van der Waals surface area contributed by atoms with Crippen molar-refractivity contribution in [1.29, 1.82) is 0 Å². The largest absolute Gasteiger partial charge is 0.464 e. The van der Waals surface area contributed by atoms with Crippen molar-refractivity contribution in [2.45, 2.75) is 37.0 Å². The molecule has 4 nitrogen and oxygen atoms in total. The Balaban J connectivity index is 1.86. The Bertz CT molecular complexity index is 735. The molecular weight excluding hydrogens is 286 g/mol. The van der Waals surface area contributed by atoms with Crippen molar-refractivity contribution in [3.05, 3.63) is 36.1 Å².